The van der Waals surface area contributed by atoms with Crippen LogP contribution in [0.25, 0.3) is 0 Å². The molecule has 490 valence electrons. The normalized spacial score (nSPS) is 14.1. The maximum atomic E-state index is 12.9. The summed E-state index contributed by atoms with van der Waals surface area (Å²) in [5.41, 5.74) is 0. The quantitative estimate of drug-likeness (QED) is 0.0195. The van der Waals surface area contributed by atoms with Crippen LogP contribution in [0.1, 0.15) is 271 Å². The van der Waals surface area contributed by atoms with Gasteiger partial charge in [0.05, 0.1) is 27.7 Å². The smallest absolute Gasteiger partial charge is 0.306 e. The van der Waals surface area contributed by atoms with E-state index < -0.39 is 26.5 Å². The first-order valence-electron chi connectivity index (χ1n) is 34.5. The van der Waals surface area contributed by atoms with Crippen molar-refractivity contribution < 1.29 is 42.1 Å². The first kappa shape index (κ1) is 81.9. The third-order valence-corrected chi connectivity index (χ3v) is 15.3. The van der Waals surface area contributed by atoms with E-state index in [2.05, 4.69) is 160 Å². The number of hydrogen-bond donors (Lipinski definition) is 0. The Morgan fingerprint density at radius 3 is 0.930 bits per heavy atom. The van der Waals surface area contributed by atoms with Gasteiger partial charge in [0.2, 0.25) is 0 Å². The van der Waals surface area contributed by atoms with Gasteiger partial charge in [-0.3, -0.25) is 14.2 Å². The number of unbranched alkanes of at least 4 members (excludes halogenated alkanes) is 24. The maximum absolute atomic E-state index is 12.9. The minimum absolute atomic E-state index is 0.0385. The average molecular weight is 1210 g/mol. The third kappa shape index (κ3) is 69.0. The first-order valence-corrected chi connectivity index (χ1v) is 36.0. The SMILES string of the molecule is CC/C=C\C/C=C\C/C=C\C/C=C\C/C=C\C/C=C\C/C=C\CCCCCCCCCCCC(=O)OC(COC(=O)CCCCCCCCCCCCCCCCC/C=C\C/C=C\C/C=C\C/C=C\C/C=C\CC)COP(=O)([O-])OCC[N+](C)(C)C. The van der Waals surface area contributed by atoms with Crippen LogP contribution in [0.5, 0.6) is 0 Å². The number of phosphoric acid groups is 1. The molecule has 9 nitrogen and oxygen atoms in total. The Hall–Kier alpha value is -4.11. The van der Waals surface area contributed by atoms with Gasteiger partial charge in [-0.1, -0.05) is 288 Å². The summed E-state index contributed by atoms with van der Waals surface area (Å²) in [7, 11) is 1.15. The molecule has 0 N–H and O–H groups in total. The second-order valence-electron chi connectivity index (χ2n) is 23.8. The van der Waals surface area contributed by atoms with Gasteiger partial charge in [0.25, 0.3) is 7.82 Å². The van der Waals surface area contributed by atoms with Crippen LogP contribution in [0, 0.1) is 0 Å². The fourth-order valence-electron chi connectivity index (χ4n) is 9.14. The molecular formula is C76H128NO8P. The minimum Gasteiger partial charge on any atom is -0.756 e. The van der Waals surface area contributed by atoms with Crippen LogP contribution in [-0.2, 0) is 32.7 Å². The predicted molar refractivity (Wildman–Crippen MR) is 369 cm³/mol. The van der Waals surface area contributed by atoms with E-state index >= 15 is 0 Å². The molecule has 0 spiro atoms. The number of phosphoric ester groups is 1. The van der Waals surface area contributed by atoms with E-state index in [0.29, 0.717) is 17.4 Å². The van der Waals surface area contributed by atoms with Crippen molar-refractivity contribution in [2.24, 2.45) is 0 Å². The fourth-order valence-corrected chi connectivity index (χ4v) is 9.86. The van der Waals surface area contributed by atoms with E-state index in [1.54, 1.807) is 0 Å². The minimum atomic E-state index is -4.65. The van der Waals surface area contributed by atoms with Crippen LogP contribution in [0.2, 0.25) is 0 Å². The standard InChI is InChI=1S/C76H128NO8P/c1-6-8-10-12-14-16-18-20-22-24-26-28-30-32-34-36-38-40-42-44-46-48-50-52-54-56-58-60-62-64-66-68-75(78)82-72-74(73-84-86(80,81)83-71-70-77(3,4)5)85-76(79)69-67-65-63-61-59-57-55-53-51-49-47-45-43-41-39-37-35-33-31-29-27-25-23-21-19-17-15-13-11-9-7-2/h8-11,14-17,20-23,26-29,32-35,39,41,45,47,74H,6-7,12-13,18-19,24-25,30-31,36-38,40,42-44,46,48-73H2,1-5H3/b10-8-,11-9-,16-14-,17-15-,22-20-,23-21-,28-26-,29-27-,34-32-,35-33-,41-39-,47-45-. The van der Waals surface area contributed by atoms with Crippen molar-refractivity contribution in [2.75, 3.05) is 47.5 Å². The number of hydrogen-bond acceptors (Lipinski definition) is 8. The van der Waals surface area contributed by atoms with Gasteiger partial charge < -0.3 is 27.9 Å². The first-order chi connectivity index (χ1) is 42.0. The molecule has 0 saturated heterocycles. The van der Waals surface area contributed by atoms with E-state index in [4.69, 9.17) is 18.5 Å². The number of esters is 2. The molecule has 0 aromatic rings. The van der Waals surface area contributed by atoms with E-state index in [1.165, 1.54) is 116 Å². The van der Waals surface area contributed by atoms with E-state index in [9.17, 15) is 19.0 Å². The summed E-state index contributed by atoms with van der Waals surface area (Å²) in [4.78, 5) is 38.1. The van der Waals surface area contributed by atoms with Crippen molar-refractivity contribution in [2.45, 2.75) is 277 Å². The van der Waals surface area contributed by atoms with Gasteiger partial charge >= 0.3 is 11.9 Å². The fraction of sp³-hybridized carbons (Fsp3) is 0.658. The molecule has 10 heteroatoms. The summed E-state index contributed by atoms with van der Waals surface area (Å²) in [5, 5.41) is 0. The van der Waals surface area contributed by atoms with E-state index in [-0.39, 0.29) is 32.0 Å². The molecule has 2 atom stereocenters. The van der Waals surface area contributed by atoms with Crippen LogP contribution < -0.4 is 4.89 Å². The summed E-state index contributed by atoms with van der Waals surface area (Å²) in [6.07, 6.45) is 96.3. The Balaban J connectivity index is 4.11. The van der Waals surface area contributed by atoms with Crippen LogP contribution >= 0.6 is 7.82 Å². The largest absolute Gasteiger partial charge is 0.756 e. The Morgan fingerprint density at radius 2 is 0.628 bits per heavy atom. The molecule has 0 aromatic heterocycles. The summed E-state index contributed by atoms with van der Waals surface area (Å²) < 4.78 is 34.3. The molecule has 0 aliphatic rings. The summed E-state index contributed by atoms with van der Waals surface area (Å²) in [6, 6.07) is 0. The zero-order valence-electron chi connectivity index (χ0n) is 55.7. The van der Waals surface area contributed by atoms with Gasteiger partial charge in [-0.05, 0) is 116 Å². The lowest BCUT2D eigenvalue weighted by atomic mass is 10.0. The monoisotopic (exact) mass is 1210 g/mol. The lowest BCUT2D eigenvalue weighted by Gasteiger charge is -2.28. The second kappa shape index (κ2) is 65.3. The van der Waals surface area contributed by atoms with Crippen molar-refractivity contribution in [3.63, 3.8) is 0 Å². The lowest BCUT2D eigenvalue weighted by Crippen LogP contribution is -2.37. The van der Waals surface area contributed by atoms with Crippen molar-refractivity contribution in [3.05, 3.63) is 146 Å². The Labute approximate surface area is 529 Å². The highest BCUT2D eigenvalue weighted by Gasteiger charge is 2.22. The van der Waals surface area contributed by atoms with Gasteiger partial charge in [0, 0.05) is 12.8 Å². The molecule has 86 heavy (non-hydrogen) atoms. The number of ether oxygens (including phenoxy) is 2. The Bertz CT molecular complexity index is 1960. The lowest BCUT2D eigenvalue weighted by molar-refractivity contribution is -0.870. The molecule has 0 fully saturated rings. The summed E-state index contributed by atoms with van der Waals surface area (Å²) >= 11 is 0. The zero-order chi connectivity index (χ0) is 62.6. The van der Waals surface area contributed by atoms with Crippen molar-refractivity contribution in [3.8, 4) is 0 Å². The molecule has 0 heterocycles. The van der Waals surface area contributed by atoms with E-state index in [0.717, 1.165) is 122 Å². The van der Waals surface area contributed by atoms with Gasteiger partial charge in [0.15, 0.2) is 6.10 Å². The highest BCUT2D eigenvalue weighted by atomic mass is 31.2. The highest BCUT2D eigenvalue weighted by molar-refractivity contribution is 7.45. The zero-order valence-corrected chi connectivity index (χ0v) is 56.6. The number of allylic oxidation sites excluding steroid dienone is 24. The molecule has 0 saturated carbocycles. The van der Waals surface area contributed by atoms with Gasteiger partial charge in [-0.25, -0.2) is 0 Å². The Morgan fingerprint density at radius 1 is 0.360 bits per heavy atom. The van der Waals surface area contributed by atoms with Crippen LogP contribution in [0.4, 0.5) is 0 Å². The topological polar surface area (TPSA) is 111 Å². The van der Waals surface area contributed by atoms with Gasteiger partial charge in [0.1, 0.15) is 19.8 Å². The number of carbonyl (C=O) groups excluding carboxylic acids is 2. The molecule has 0 radical (unpaired) electrons. The molecule has 0 aliphatic carbocycles. The summed E-state index contributed by atoms with van der Waals surface area (Å²) in [6.45, 7) is 4.01. The molecule has 2 unspecified atom stereocenters. The van der Waals surface area contributed by atoms with E-state index in [1.807, 2.05) is 21.1 Å². The molecule has 0 rings (SSSR count). The number of rotatable bonds is 62. The second-order valence-corrected chi connectivity index (χ2v) is 25.2. The molecule has 0 bridgehead atoms. The highest BCUT2D eigenvalue weighted by Crippen LogP contribution is 2.38. The van der Waals surface area contributed by atoms with Gasteiger partial charge in [-0.15, -0.1) is 0 Å². The number of carbonyl (C=O) groups is 2. The number of nitrogens with zero attached hydrogens (tertiary/aromatic N) is 1. The van der Waals surface area contributed by atoms with Crippen molar-refractivity contribution >= 4 is 19.8 Å². The van der Waals surface area contributed by atoms with Crippen LogP contribution in [0.15, 0.2) is 146 Å². The van der Waals surface area contributed by atoms with Crippen LogP contribution in [0.3, 0.4) is 0 Å². The third-order valence-electron chi connectivity index (χ3n) is 14.4. The van der Waals surface area contributed by atoms with Gasteiger partial charge in [-0.2, -0.15) is 0 Å². The summed E-state index contributed by atoms with van der Waals surface area (Å²) in [5.74, 6) is -0.843. The molecule has 0 aromatic carbocycles. The van der Waals surface area contributed by atoms with Crippen molar-refractivity contribution in [1.82, 2.24) is 0 Å². The molecule has 0 aliphatic heterocycles. The van der Waals surface area contributed by atoms with Crippen LogP contribution in [-0.4, -0.2) is 70.0 Å². The molecule has 0 amide bonds. The maximum Gasteiger partial charge on any atom is 0.306 e. The average Bonchev–Trinajstić information content (AvgIpc) is 3.56. The van der Waals surface area contributed by atoms with Crippen molar-refractivity contribution in [1.29, 1.82) is 0 Å². The number of likely N-dealkylation sites (N-methyl/N-ethyl adjacent to an activating group) is 1. The number of quaternary nitrogens is 1. The predicted octanol–water partition coefficient (Wildman–Crippen LogP) is 22.0. The molecular weight excluding hydrogens is 1090 g/mol. The Kier molecular flexibility index (Phi) is 62.2.